The number of sulfonamides is 1. The van der Waals surface area contributed by atoms with Crippen LogP contribution in [0.1, 0.15) is 21.5 Å². The number of fused-ring (bicyclic) bond motifs is 1. The largest absolute Gasteiger partial charge is 0.468 e. The Hall–Kier alpha value is -4.63. The molecule has 2 aromatic carbocycles. The highest BCUT2D eigenvalue weighted by Gasteiger charge is 2.19. The number of esters is 1. The fourth-order valence-electron chi connectivity index (χ4n) is 3.48. The number of aryl methyl sites for hydroxylation is 1. The number of nitrogens with zero attached hydrogens (tertiary/aromatic N) is 3. The number of hydrogen-bond acceptors (Lipinski definition) is 7. The van der Waals surface area contributed by atoms with Crippen LogP contribution in [0, 0.1) is 18.3 Å². The molecule has 0 aliphatic heterocycles. The molecule has 3 N–H and O–H groups in total. The number of methoxy groups -OCH3 is 1. The van der Waals surface area contributed by atoms with Gasteiger partial charge in [-0.15, -0.1) is 0 Å². The fourth-order valence-corrected chi connectivity index (χ4v) is 4.56. The zero-order valence-electron chi connectivity index (χ0n) is 18.7. The molecular weight excluding hydrogens is 472 g/mol. The third-order valence-electron chi connectivity index (χ3n) is 5.24. The maximum atomic E-state index is 13.0. The molecule has 35 heavy (non-hydrogen) atoms. The molecule has 11 nitrogen and oxygen atoms in total. The molecular formula is C23H20N6O5S. The van der Waals surface area contributed by atoms with Gasteiger partial charge in [-0.25, -0.2) is 8.42 Å². The SMILES string of the molecule is COC(=O)Cn1ccc(NC(=O)c2ccc(S(=O)(=O)Nc3ccc(C)c4c(C#N)c[nH]c34)cc2)n1. The first-order chi connectivity index (χ1) is 16.7. The van der Waals surface area contributed by atoms with Crippen LogP contribution >= 0.6 is 0 Å². The van der Waals surface area contributed by atoms with Crippen LogP contribution in [-0.4, -0.2) is 42.2 Å². The van der Waals surface area contributed by atoms with Crippen LogP contribution in [0.2, 0.25) is 0 Å². The summed E-state index contributed by atoms with van der Waals surface area (Å²) >= 11 is 0. The molecule has 0 fully saturated rings. The predicted molar refractivity (Wildman–Crippen MR) is 127 cm³/mol. The number of amides is 1. The number of nitrogens with one attached hydrogen (secondary N) is 3. The predicted octanol–water partition coefficient (Wildman–Crippen LogP) is 2.77. The molecule has 0 atom stereocenters. The number of benzene rings is 2. The Morgan fingerprint density at radius 3 is 2.60 bits per heavy atom. The second-order valence-electron chi connectivity index (χ2n) is 7.55. The molecule has 0 unspecified atom stereocenters. The van der Waals surface area contributed by atoms with E-state index in [4.69, 9.17) is 0 Å². The van der Waals surface area contributed by atoms with E-state index in [0.29, 0.717) is 22.2 Å². The summed E-state index contributed by atoms with van der Waals surface area (Å²) in [4.78, 5) is 26.7. The van der Waals surface area contributed by atoms with Crippen molar-refractivity contribution in [1.29, 1.82) is 5.26 Å². The number of anilines is 2. The number of aromatic nitrogens is 3. The smallest absolute Gasteiger partial charge is 0.327 e. The lowest BCUT2D eigenvalue weighted by molar-refractivity contribution is -0.141. The van der Waals surface area contributed by atoms with Crippen LogP contribution < -0.4 is 10.0 Å². The van der Waals surface area contributed by atoms with Crippen LogP contribution in [0.5, 0.6) is 0 Å². The summed E-state index contributed by atoms with van der Waals surface area (Å²) in [5.74, 6) is -0.756. The van der Waals surface area contributed by atoms with E-state index in [1.54, 1.807) is 12.1 Å². The van der Waals surface area contributed by atoms with Crippen molar-refractivity contribution in [2.24, 2.45) is 0 Å². The molecule has 0 radical (unpaired) electrons. The van der Waals surface area contributed by atoms with Crippen LogP contribution in [0.3, 0.4) is 0 Å². The number of carbonyl (C=O) groups excluding carboxylic acids is 2. The van der Waals surface area contributed by atoms with Gasteiger partial charge in [0.05, 0.1) is 28.8 Å². The molecule has 2 aromatic heterocycles. The molecule has 1 amide bonds. The van der Waals surface area contributed by atoms with Crippen molar-refractivity contribution in [3.8, 4) is 6.07 Å². The van der Waals surface area contributed by atoms with Crippen molar-refractivity contribution in [2.75, 3.05) is 17.1 Å². The maximum Gasteiger partial charge on any atom is 0.327 e. The first-order valence-corrected chi connectivity index (χ1v) is 11.8. The van der Waals surface area contributed by atoms with Crippen molar-refractivity contribution in [1.82, 2.24) is 14.8 Å². The number of carbonyl (C=O) groups is 2. The standard InChI is InChI=1S/C23H20N6O5S/c1-14-3-8-18(22-21(14)16(11-24)12-25-22)28-35(32,33)17-6-4-15(5-7-17)23(31)26-19-9-10-29(27-19)13-20(30)34-2/h3-10,12,25,28H,13H2,1-2H3,(H,26,27,31). The van der Waals surface area contributed by atoms with E-state index in [1.165, 1.54) is 54.5 Å². The molecule has 4 rings (SSSR count). The molecule has 0 bridgehead atoms. The number of H-pyrrole nitrogens is 1. The van der Waals surface area contributed by atoms with Crippen LogP contribution in [-0.2, 0) is 26.1 Å². The second-order valence-corrected chi connectivity index (χ2v) is 9.24. The van der Waals surface area contributed by atoms with E-state index in [1.807, 2.05) is 6.92 Å². The van der Waals surface area contributed by atoms with E-state index in [-0.39, 0.29) is 22.8 Å². The van der Waals surface area contributed by atoms with E-state index < -0.39 is 21.9 Å². The van der Waals surface area contributed by atoms with Gasteiger partial charge in [-0.3, -0.25) is 19.0 Å². The van der Waals surface area contributed by atoms with Crippen molar-refractivity contribution < 1.29 is 22.7 Å². The summed E-state index contributed by atoms with van der Waals surface area (Å²) in [6.45, 7) is 1.74. The number of hydrogen-bond donors (Lipinski definition) is 3. The van der Waals surface area contributed by atoms with Crippen molar-refractivity contribution >= 4 is 44.3 Å². The van der Waals surface area contributed by atoms with Gasteiger partial charge in [0.1, 0.15) is 12.6 Å². The minimum absolute atomic E-state index is 0.0443. The lowest BCUT2D eigenvalue weighted by Crippen LogP contribution is -2.16. The first kappa shape index (κ1) is 23.5. The zero-order valence-corrected chi connectivity index (χ0v) is 19.5. The van der Waals surface area contributed by atoms with E-state index in [0.717, 1.165) is 5.56 Å². The van der Waals surface area contributed by atoms with Crippen LogP contribution in [0.4, 0.5) is 11.5 Å². The van der Waals surface area contributed by atoms with E-state index >= 15 is 0 Å². The molecule has 178 valence electrons. The fraction of sp³-hybridized carbons (Fsp3) is 0.130. The topological polar surface area (TPSA) is 159 Å². The Labute approximate surface area is 200 Å². The Balaban J connectivity index is 1.49. The van der Waals surface area contributed by atoms with Gasteiger partial charge in [0.15, 0.2) is 5.82 Å². The Morgan fingerprint density at radius 1 is 1.17 bits per heavy atom. The van der Waals surface area contributed by atoms with Crippen molar-refractivity contribution in [3.05, 3.63) is 71.5 Å². The zero-order chi connectivity index (χ0) is 25.2. The number of ether oxygens (including phenoxy) is 1. The van der Waals surface area contributed by atoms with Gasteiger partial charge in [-0.2, -0.15) is 10.4 Å². The molecule has 4 aromatic rings. The van der Waals surface area contributed by atoms with Gasteiger partial charge in [0.25, 0.3) is 15.9 Å². The lowest BCUT2D eigenvalue weighted by Gasteiger charge is -2.11. The summed E-state index contributed by atoms with van der Waals surface area (Å²) in [6, 6.07) is 12.3. The van der Waals surface area contributed by atoms with E-state index in [9.17, 15) is 23.3 Å². The summed E-state index contributed by atoms with van der Waals surface area (Å²) in [7, 11) is -2.71. The number of nitriles is 1. The molecule has 12 heteroatoms. The third-order valence-corrected chi connectivity index (χ3v) is 6.62. The quantitative estimate of drug-likeness (QED) is 0.335. The van der Waals surface area contributed by atoms with Crippen LogP contribution in [0.25, 0.3) is 10.9 Å². The van der Waals surface area contributed by atoms with Gasteiger partial charge in [-0.05, 0) is 42.8 Å². The Bertz CT molecular complexity index is 1580. The van der Waals surface area contributed by atoms with Gasteiger partial charge >= 0.3 is 5.97 Å². The lowest BCUT2D eigenvalue weighted by atomic mass is 10.1. The van der Waals surface area contributed by atoms with Gasteiger partial charge in [0.2, 0.25) is 0 Å². The van der Waals surface area contributed by atoms with Gasteiger partial charge in [0, 0.05) is 29.4 Å². The highest BCUT2D eigenvalue weighted by atomic mass is 32.2. The molecule has 0 aliphatic carbocycles. The average Bonchev–Trinajstić information content (AvgIpc) is 3.48. The first-order valence-electron chi connectivity index (χ1n) is 10.3. The molecule has 0 spiro atoms. The van der Waals surface area contributed by atoms with Gasteiger partial charge < -0.3 is 15.0 Å². The number of rotatable bonds is 7. The Morgan fingerprint density at radius 2 is 1.91 bits per heavy atom. The van der Waals surface area contributed by atoms with E-state index in [2.05, 4.69) is 30.9 Å². The maximum absolute atomic E-state index is 13.0. The number of aromatic amines is 1. The molecule has 0 aliphatic rings. The minimum atomic E-state index is -3.97. The highest BCUT2D eigenvalue weighted by molar-refractivity contribution is 7.92. The average molecular weight is 493 g/mol. The summed E-state index contributed by atoms with van der Waals surface area (Å²) in [5, 5.41) is 16.6. The summed E-state index contributed by atoms with van der Waals surface area (Å²) in [5.41, 5.74) is 2.28. The monoisotopic (exact) mass is 492 g/mol. The minimum Gasteiger partial charge on any atom is -0.468 e. The van der Waals surface area contributed by atoms with Gasteiger partial charge in [-0.1, -0.05) is 6.07 Å². The third kappa shape index (κ3) is 4.85. The van der Waals surface area contributed by atoms with Crippen molar-refractivity contribution in [3.63, 3.8) is 0 Å². The van der Waals surface area contributed by atoms with Crippen LogP contribution in [0.15, 0.2) is 59.8 Å². The second kappa shape index (κ2) is 9.32. The normalized spacial score (nSPS) is 11.1. The molecule has 0 saturated heterocycles. The molecule has 2 heterocycles. The highest BCUT2D eigenvalue weighted by Crippen LogP contribution is 2.30. The summed E-state index contributed by atoms with van der Waals surface area (Å²) in [6.07, 6.45) is 3.04. The Kier molecular flexibility index (Phi) is 6.26. The molecule has 0 saturated carbocycles. The van der Waals surface area contributed by atoms with Crippen molar-refractivity contribution in [2.45, 2.75) is 18.4 Å². The summed E-state index contributed by atoms with van der Waals surface area (Å²) < 4.78 is 34.3.